The number of imide groups is 1. The van der Waals surface area contributed by atoms with Crippen molar-refractivity contribution in [1.82, 2.24) is 25.4 Å². The summed E-state index contributed by atoms with van der Waals surface area (Å²) in [6, 6.07) is 1.84. The van der Waals surface area contributed by atoms with Crippen molar-refractivity contribution in [3.05, 3.63) is 53.1 Å². The lowest BCUT2D eigenvalue weighted by Crippen LogP contribution is -2.60. The van der Waals surface area contributed by atoms with Crippen LogP contribution in [0.4, 0.5) is 9.18 Å². The van der Waals surface area contributed by atoms with Crippen LogP contribution in [0.5, 0.6) is 11.5 Å². The Labute approximate surface area is 232 Å². The predicted molar refractivity (Wildman–Crippen MR) is 137 cm³/mol. The molecule has 17 heteroatoms. The fourth-order valence-corrected chi connectivity index (χ4v) is 4.46. The number of rotatable bonds is 8. The van der Waals surface area contributed by atoms with Crippen molar-refractivity contribution in [2.45, 2.75) is 24.8 Å². The number of aromatic carboxylic acids is 1. The molecule has 2 aliphatic heterocycles. The molecule has 41 heavy (non-hydrogen) atoms. The second kappa shape index (κ2) is 12.2. The zero-order valence-corrected chi connectivity index (χ0v) is 21.4. The average molecular weight is 572 g/mol. The Morgan fingerprint density at radius 2 is 2.00 bits per heavy atom. The van der Waals surface area contributed by atoms with Gasteiger partial charge in [-0.25, -0.2) is 14.0 Å². The van der Waals surface area contributed by atoms with Gasteiger partial charge in [0.25, 0.3) is 0 Å². The molecular formula is C24H26BFN6O9. The van der Waals surface area contributed by atoms with Gasteiger partial charge in [0.1, 0.15) is 17.2 Å². The Kier molecular flexibility index (Phi) is 8.68. The molecule has 0 saturated carbocycles. The maximum atomic E-state index is 14.8. The fraction of sp³-hybridized carbons (Fsp3) is 0.333. The minimum absolute atomic E-state index is 0.0179. The van der Waals surface area contributed by atoms with E-state index in [2.05, 4.69) is 15.6 Å². The van der Waals surface area contributed by atoms with Crippen LogP contribution in [0.25, 0.3) is 0 Å². The fourth-order valence-electron chi connectivity index (χ4n) is 4.46. The van der Waals surface area contributed by atoms with Crippen molar-refractivity contribution in [2.75, 3.05) is 26.2 Å². The molecule has 0 bridgehead atoms. The Hall–Kier alpha value is -4.77. The summed E-state index contributed by atoms with van der Waals surface area (Å²) in [6.45, 7) is 0.312. The highest BCUT2D eigenvalue weighted by Crippen LogP contribution is 2.30. The van der Waals surface area contributed by atoms with Gasteiger partial charge in [0.2, 0.25) is 5.91 Å². The number of aromatic nitrogens is 1. The summed E-state index contributed by atoms with van der Waals surface area (Å²) in [5.74, 6) is -7.47. The number of hydrogen-bond acceptors (Lipinski definition) is 10. The number of carboxylic acids is 1. The van der Waals surface area contributed by atoms with E-state index in [0.717, 1.165) is 6.20 Å². The number of carbonyl (C=O) groups excluding carboxylic acids is 4. The van der Waals surface area contributed by atoms with Crippen LogP contribution in [-0.2, 0) is 20.8 Å². The van der Waals surface area contributed by atoms with E-state index in [1.54, 1.807) is 0 Å². The summed E-state index contributed by atoms with van der Waals surface area (Å²) in [5, 5.41) is 34.1. The monoisotopic (exact) mass is 572 g/mol. The summed E-state index contributed by atoms with van der Waals surface area (Å²) in [5.41, 5.74) is 4.97. The number of nitrogens with two attached hydrogens (primary N) is 1. The smallest absolute Gasteiger partial charge is 0.534 e. The average Bonchev–Trinajstić information content (AvgIpc) is 2.92. The molecule has 15 nitrogen and oxygen atoms in total. The minimum atomic E-state index is -1.89. The van der Waals surface area contributed by atoms with Gasteiger partial charge in [0.15, 0.2) is 11.9 Å². The highest BCUT2D eigenvalue weighted by molar-refractivity contribution is 6.47. The highest BCUT2D eigenvalue weighted by atomic mass is 19.1. The van der Waals surface area contributed by atoms with E-state index in [-0.39, 0.29) is 43.9 Å². The zero-order valence-electron chi connectivity index (χ0n) is 21.4. The topological polar surface area (TPSA) is 225 Å². The van der Waals surface area contributed by atoms with Gasteiger partial charge in [-0.15, -0.1) is 0 Å². The Balaban J connectivity index is 1.55. The number of halogens is 1. The molecule has 0 spiro atoms. The standard InChI is InChI=1S/C24H26BFN6O9/c26-15-10-13(33)11-28-17(15)18(30-24(39)32-8-7-31(6-2-5-27)21(35)22(32)36)20(34)29-16-9-12-3-1-4-14(23(37)38)19(12)41-25(16)40/h1,3-4,10-11,16,18,33,40H,2,5-9,27H2,(H,29,34)(H,30,39)(H,37,38)/t16-,18+/m0/s1. The zero-order chi connectivity index (χ0) is 29.8. The van der Waals surface area contributed by atoms with E-state index in [9.17, 15) is 43.6 Å². The van der Waals surface area contributed by atoms with Gasteiger partial charge < -0.3 is 41.2 Å². The molecule has 5 amide bonds. The summed E-state index contributed by atoms with van der Waals surface area (Å²) in [6.07, 6.45) is 1.18. The first-order valence-corrected chi connectivity index (χ1v) is 12.5. The van der Waals surface area contributed by atoms with Crippen molar-refractivity contribution in [1.29, 1.82) is 0 Å². The number of amides is 5. The molecule has 7 N–H and O–H groups in total. The first-order valence-electron chi connectivity index (χ1n) is 12.5. The molecule has 3 heterocycles. The number of nitrogens with one attached hydrogen (secondary N) is 2. The third-order valence-electron chi connectivity index (χ3n) is 6.52. The van der Waals surface area contributed by atoms with Crippen molar-refractivity contribution in [3.63, 3.8) is 0 Å². The lowest BCUT2D eigenvalue weighted by atomic mass is 9.72. The van der Waals surface area contributed by atoms with E-state index >= 15 is 0 Å². The second-order valence-corrected chi connectivity index (χ2v) is 9.26. The molecule has 1 fully saturated rings. The van der Waals surface area contributed by atoms with E-state index in [0.29, 0.717) is 23.0 Å². The summed E-state index contributed by atoms with van der Waals surface area (Å²) in [4.78, 5) is 68.5. The molecule has 0 radical (unpaired) electrons. The number of hydrogen-bond donors (Lipinski definition) is 6. The molecule has 2 aromatic rings. The van der Waals surface area contributed by atoms with Gasteiger partial charge in [0.05, 0.1) is 17.7 Å². The third-order valence-corrected chi connectivity index (χ3v) is 6.52. The van der Waals surface area contributed by atoms with E-state index < -0.39 is 66.1 Å². The van der Waals surface area contributed by atoms with Crippen molar-refractivity contribution in [3.8, 4) is 11.5 Å². The van der Waals surface area contributed by atoms with Crippen LogP contribution in [0.2, 0.25) is 0 Å². The Morgan fingerprint density at radius 1 is 1.24 bits per heavy atom. The quantitative estimate of drug-likeness (QED) is 0.158. The first kappa shape index (κ1) is 29.2. The maximum absolute atomic E-state index is 14.8. The van der Waals surface area contributed by atoms with E-state index in [1.807, 2.05) is 0 Å². The largest absolute Gasteiger partial charge is 0.547 e. The second-order valence-electron chi connectivity index (χ2n) is 9.26. The van der Waals surface area contributed by atoms with Gasteiger partial charge in [-0.1, -0.05) is 12.1 Å². The van der Waals surface area contributed by atoms with E-state index in [4.69, 9.17) is 10.4 Å². The maximum Gasteiger partial charge on any atom is 0.547 e. The molecule has 4 rings (SSSR count). The van der Waals surface area contributed by atoms with Crippen LogP contribution in [0.3, 0.4) is 0 Å². The third kappa shape index (κ3) is 6.20. The Morgan fingerprint density at radius 3 is 2.68 bits per heavy atom. The normalized spacial score (nSPS) is 17.4. The number of pyridine rings is 1. The molecular weight excluding hydrogens is 546 g/mol. The van der Waals surface area contributed by atoms with Crippen LogP contribution >= 0.6 is 0 Å². The van der Waals surface area contributed by atoms with Crippen LogP contribution in [0.15, 0.2) is 30.5 Å². The van der Waals surface area contributed by atoms with Crippen LogP contribution < -0.4 is 21.0 Å². The number of nitrogens with zero attached hydrogens (tertiary/aromatic N) is 3. The van der Waals surface area contributed by atoms with Crippen molar-refractivity contribution < 1.29 is 48.3 Å². The molecule has 216 valence electrons. The van der Waals surface area contributed by atoms with Gasteiger partial charge in [-0.3, -0.25) is 24.3 Å². The lowest BCUT2D eigenvalue weighted by Gasteiger charge is -2.33. The predicted octanol–water partition coefficient (Wildman–Crippen LogP) is -1.47. The highest BCUT2D eigenvalue weighted by Gasteiger charge is 2.41. The summed E-state index contributed by atoms with van der Waals surface area (Å²) >= 11 is 0. The van der Waals surface area contributed by atoms with E-state index in [1.165, 1.54) is 23.1 Å². The molecule has 2 atom stereocenters. The van der Waals surface area contributed by atoms with Crippen LogP contribution in [0.1, 0.15) is 34.1 Å². The van der Waals surface area contributed by atoms with Gasteiger partial charge in [-0.2, -0.15) is 0 Å². The van der Waals surface area contributed by atoms with Crippen molar-refractivity contribution in [2.24, 2.45) is 5.73 Å². The summed E-state index contributed by atoms with van der Waals surface area (Å²) in [7, 11) is -1.72. The first-order chi connectivity index (χ1) is 19.5. The van der Waals surface area contributed by atoms with Crippen molar-refractivity contribution >= 4 is 36.8 Å². The number of piperazine rings is 1. The molecule has 0 unspecified atom stereocenters. The number of carbonyl (C=O) groups is 5. The summed E-state index contributed by atoms with van der Waals surface area (Å²) < 4.78 is 20.1. The van der Waals surface area contributed by atoms with Gasteiger partial charge in [-0.05, 0) is 31.0 Å². The molecule has 1 saturated heterocycles. The number of aromatic hydroxyl groups is 1. The molecule has 1 aromatic heterocycles. The SMILES string of the molecule is NCCCN1CCN(C(=O)N[C@@H](C(=O)N[C@H]2Cc3cccc(C(=O)O)c3OB2O)c2ncc(O)cc2F)C(=O)C1=O. The number of fused-ring (bicyclic) bond motifs is 1. The number of para-hydroxylation sites is 1. The molecule has 2 aliphatic rings. The molecule has 1 aromatic carbocycles. The van der Waals surface area contributed by atoms with Gasteiger partial charge >= 0.3 is 30.9 Å². The number of benzene rings is 1. The van der Waals surface area contributed by atoms with Crippen LogP contribution in [-0.4, -0.2) is 99.0 Å². The van der Waals surface area contributed by atoms with Gasteiger partial charge in [0, 0.05) is 25.7 Å². The number of urea groups is 1. The lowest BCUT2D eigenvalue weighted by molar-refractivity contribution is -0.153. The number of carboxylic acid groups (broad SMARTS) is 1. The molecule has 0 aliphatic carbocycles. The van der Waals surface area contributed by atoms with Crippen LogP contribution in [0, 0.1) is 5.82 Å². The Bertz CT molecular complexity index is 1400. The minimum Gasteiger partial charge on any atom is -0.534 e.